The Morgan fingerprint density at radius 2 is 2.21 bits per heavy atom. The van der Waals surface area contributed by atoms with Crippen LogP contribution in [0, 0.1) is 11.8 Å². The lowest BCUT2D eigenvalue weighted by molar-refractivity contribution is 0.232. The molecule has 1 fully saturated rings. The van der Waals surface area contributed by atoms with Crippen LogP contribution in [0.25, 0.3) is 0 Å². The van der Waals surface area contributed by atoms with Crippen molar-refractivity contribution in [2.24, 2.45) is 11.8 Å². The van der Waals surface area contributed by atoms with Crippen LogP contribution in [0.4, 0.5) is 5.95 Å². The Kier molecular flexibility index (Phi) is 5.25. The third-order valence-electron chi connectivity index (χ3n) is 3.52. The zero-order chi connectivity index (χ0) is 13.7. The van der Waals surface area contributed by atoms with E-state index in [0.717, 1.165) is 12.4 Å². The summed E-state index contributed by atoms with van der Waals surface area (Å²) in [7, 11) is 0. The van der Waals surface area contributed by atoms with E-state index in [1.807, 2.05) is 13.8 Å². The van der Waals surface area contributed by atoms with Gasteiger partial charge in [-0.05, 0) is 38.5 Å². The molecule has 2 atom stereocenters. The van der Waals surface area contributed by atoms with E-state index in [1.165, 1.54) is 19.3 Å². The number of halogens is 1. The molecule has 1 N–H and O–H groups in total. The van der Waals surface area contributed by atoms with Crippen LogP contribution in [0.1, 0.15) is 33.1 Å². The summed E-state index contributed by atoms with van der Waals surface area (Å²) < 4.78 is 5.56. The number of nitrogens with one attached hydrogen (secondary N) is 1. The molecule has 1 aliphatic rings. The summed E-state index contributed by atoms with van der Waals surface area (Å²) in [5.74, 6) is 3.27. The second kappa shape index (κ2) is 6.94. The zero-order valence-corrected chi connectivity index (χ0v) is 12.4. The van der Waals surface area contributed by atoms with E-state index in [-0.39, 0.29) is 6.10 Å². The van der Waals surface area contributed by atoms with Crippen molar-refractivity contribution in [2.45, 2.75) is 39.2 Å². The van der Waals surface area contributed by atoms with Gasteiger partial charge in [0.1, 0.15) is 0 Å². The van der Waals surface area contributed by atoms with E-state index >= 15 is 0 Å². The second-order valence-corrected chi connectivity index (χ2v) is 5.68. The van der Waals surface area contributed by atoms with Gasteiger partial charge >= 0.3 is 0 Å². The van der Waals surface area contributed by atoms with Gasteiger partial charge in [-0.1, -0.05) is 6.42 Å². The van der Waals surface area contributed by atoms with Crippen molar-refractivity contribution in [3.8, 4) is 5.88 Å². The monoisotopic (exact) mass is 283 g/mol. The Morgan fingerprint density at radius 3 is 2.95 bits per heavy atom. The first-order chi connectivity index (χ1) is 9.19. The third-order valence-corrected chi connectivity index (χ3v) is 3.92. The predicted molar refractivity (Wildman–Crippen MR) is 77.8 cm³/mol. The summed E-state index contributed by atoms with van der Waals surface area (Å²) >= 11 is 5.99. The molecule has 1 aromatic rings. The number of aromatic nitrogens is 2. The fourth-order valence-corrected chi connectivity index (χ4v) is 2.95. The normalized spacial score (nSPS) is 22.7. The van der Waals surface area contributed by atoms with Crippen molar-refractivity contribution in [3.05, 3.63) is 12.3 Å². The van der Waals surface area contributed by atoms with Crippen molar-refractivity contribution in [1.29, 1.82) is 0 Å². The van der Waals surface area contributed by atoms with Crippen molar-refractivity contribution in [3.63, 3.8) is 0 Å². The quantitative estimate of drug-likeness (QED) is 0.814. The molecule has 4 nitrogen and oxygen atoms in total. The number of hydrogen-bond acceptors (Lipinski definition) is 4. The highest BCUT2D eigenvalue weighted by Crippen LogP contribution is 2.32. The van der Waals surface area contributed by atoms with Crippen molar-refractivity contribution < 1.29 is 4.74 Å². The van der Waals surface area contributed by atoms with Gasteiger partial charge in [0.05, 0.1) is 6.10 Å². The van der Waals surface area contributed by atoms with E-state index < -0.39 is 0 Å². The lowest BCUT2D eigenvalue weighted by Crippen LogP contribution is -2.20. The van der Waals surface area contributed by atoms with Gasteiger partial charge in [-0.3, -0.25) is 0 Å². The zero-order valence-electron chi connectivity index (χ0n) is 11.6. The molecule has 0 amide bonds. The van der Waals surface area contributed by atoms with E-state index in [2.05, 4.69) is 15.3 Å². The molecule has 1 heterocycles. The molecule has 2 rings (SSSR count). The molecule has 1 saturated carbocycles. The average molecular weight is 284 g/mol. The lowest BCUT2D eigenvalue weighted by Gasteiger charge is -2.17. The van der Waals surface area contributed by atoms with Crippen LogP contribution >= 0.6 is 11.6 Å². The molecule has 2 unspecified atom stereocenters. The third kappa shape index (κ3) is 4.23. The largest absolute Gasteiger partial charge is 0.475 e. The SMILES string of the molecule is CC(C)Oc1ccnc(NCC2CCCC2CCl)n1. The highest BCUT2D eigenvalue weighted by atomic mass is 35.5. The van der Waals surface area contributed by atoms with Crippen molar-refractivity contribution in [2.75, 3.05) is 17.7 Å². The van der Waals surface area contributed by atoms with E-state index in [1.54, 1.807) is 12.3 Å². The summed E-state index contributed by atoms with van der Waals surface area (Å²) in [5.41, 5.74) is 0. The van der Waals surface area contributed by atoms with E-state index in [9.17, 15) is 0 Å². The van der Waals surface area contributed by atoms with Crippen LogP contribution in [-0.4, -0.2) is 28.5 Å². The maximum absolute atomic E-state index is 5.99. The maximum atomic E-state index is 5.99. The van der Waals surface area contributed by atoms with Crippen LogP contribution in [-0.2, 0) is 0 Å². The predicted octanol–water partition coefficient (Wildman–Crippen LogP) is 3.33. The van der Waals surface area contributed by atoms with Gasteiger partial charge < -0.3 is 10.1 Å². The summed E-state index contributed by atoms with van der Waals surface area (Å²) in [6, 6.07) is 1.78. The van der Waals surface area contributed by atoms with Gasteiger partial charge in [-0.2, -0.15) is 4.98 Å². The first-order valence-electron chi connectivity index (χ1n) is 6.98. The first-order valence-corrected chi connectivity index (χ1v) is 7.52. The first kappa shape index (κ1) is 14.4. The van der Waals surface area contributed by atoms with Gasteiger partial charge in [-0.25, -0.2) is 4.98 Å². The summed E-state index contributed by atoms with van der Waals surface area (Å²) in [5, 5.41) is 3.30. The minimum Gasteiger partial charge on any atom is -0.475 e. The highest BCUT2D eigenvalue weighted by Gasteiger charge is 2.26. The van der Waals surface area contributed by atoms with Crippen molar-refractivity contribution >= 4 is 17.5 Å². The summed E-state index contributed by atoms with van der Waals surface area (Å²) in [6.07, 6.45) is 5.61. The fraction of sp³-hybridized carbons (Fsp3) is 0.714. The minimum atomic E-state index is 0.123. The molecular weight excluding hydrogens is 262 g/mol. The molecule has 0 radical (unpaired) electrons. The number of nitrogens with zero attached hydrogens (tertiary/aromatic N) is 2. The molecule has 0 aliphatic heterocycles. The molecule has 19 heavy (non-hydrogen) atoms. The van der Waals surface area contributed by atoms with Crippen LogP contribution in [0.5, 0.6) is 5.88 Å². The Hall–Kier alpha value is -1.03. The standard InChI is InChI=1S/C14H22ClN3O/c1-10(2)19-13-6-7-16-14(18-13)17-9-12-5-3-4-11(12)8-15/h6-7,10-12H,3-5,8-9H2,1-2H3,(H,16,17,18). The Labute approximate surface area is 119 Å². The molecule has 1 aliphatic carbocycles. The van der Waals surface area contributed by atoms with Crippen LogP contribution in [0.2, 0.25) is 0 Å². The number of ether oxygens (including phenoxy) is 1. The van der Waals surface area contributed by atoms with Gasteiger partial charge in [0, 0.05) is 24.7 Å². The fourth-order valence-electron chi connectivity index (χ4n) is 2.54. The molecule has 0 aromatic carbocycles. The molecule has 106 valence electrons. The van der Waals surface area contributed by atoms with E-state index in [0.29, 0.717) is 23.7 Å². The molecule has 1 aromatic heterocycles. The number of rotatable bonds is 6. The molecule has 0 saturated heterocycles. The van der Waals surface area contributed by atoms with Gasteiger partial charge in [0.25, 0.3) is 0 Å². The summed E-state index contributed by atoms with van der Waals surface area (Å²) in [6.45, 7) is 4.86. The molecule has 0 bridgehead atoms. The number of hydrogen-bond donors (Lipinski definition) is 1. The Morgan fingerprint density at radius 1 is 1.42 bits per heavy atom. The molecular formula is C14H22ClN3O. The Bertz CT molecular complexity index is 400. The molecule has 0 spiro atoms. The van der Waals surface area contributed by atoms with Gasteiger partial charge in [-0.15, -0.1) is 11.6 Å². The van der Waals surface area contributed by atoms with Gasteiger partial charge in [0.2, 0.25) is 11.8 Å². The van der Waals surface area contributed by atoms with Crippen LogP contribution in [0.15, 0.2) is 12.3 Å². The van der Waals surface area contributed by atoms with Crippen LogP contribution < -0.4 is 10.1 Å². The summed E-state index contributed by atoms with van der Waals surface area (Å²) in [4.78, 5) is 8.57. The highest BCUT2D eigenvalue weighted by molar-refractivity contribution is 6.18. The van der Waals surface area contributed by atoms with Gasteiger partial charge in [0.15, 0.2) is 0 Å². The minimum absolute atomic E-state index is 0.123. The number of anilines is 1. The topological polar surface area (TPSA) is 47.0 Å². The lowest BCUT2D eigenvalue weighted by atomic mass is 9.98. The smallest absolute Gasteiger partial charge is 0.225 e. The Balaban J connectivity index is 1.88. The molecule has 5 heteroatoms. The average Bonchev–Trinajstić information content (AvgIpc) is 2.83. The van der Waals surface area contributed by atoms with Crippen molar-refractivity contribution in [1.82, 2.24) is 9.97 Å². The number of alkyl halides is 1. The second-order valence-electron chi connectivity index (χ2n) is 5.37. The maximum Gasteiger partial charge on any atom is 0.225 e. The van der Waals surface area contributed by atoms with E-state index in [4.69, 9.17) is 16.3 Å². The van der Waals surface area contributed by atoms with Crippen LogP contribution in [0.3, 0.4) is 0 Å².